The predicted octanol–water partition coefficient (Wildman–Crippen LogP) is 3.04. The number of aliphatic hydroxyl groups is 2. The van der Waals surface area contributed by atoms with E-state index < -0.39 is 6.67 Å². The van der Waals surface area contributed by atoms with E-state index in [0.29, 0.717) is 17.8 Å². The molecule has 76 valence electrons. The van der Waals surface area contributed by atoms with Crippen molar-refractivity contribution in [1.29, 1.82) is 0 Å². The zero-order valence-corrected chi connectivity index (χ0v) is 8.40. The van der Waals surface area contributed by atoms with Crippen LogP contribution in [0.1, 0.15) is 26.7 Å². The lowest BCUT2D eigenvalue weighted by Gasteiger charge is -2.00. The summed E-state index contributed by atoms with van der Waals surface area (Å²) >= 11 is 0. The Labute approximate surface area is 78.1 Å². The second-order valence-electron chi connectivity index (χ2n) is 2.78. The van der Waals surface area contributed by atoms with Gasteiger partial charge in [0.1, 0.15) is 12.5 Å². The Morgan fingerprint density at radius 1 is 1.46 bits per heavy atom. The van der Waals surface area contributed by atoms with Crippen LogP contribution < -0.4 is 0 Å². The van der Waals surface area contributed by atoms with E-state index in [1.165, 1.54) is 13.2 Å². The van der Waals surface area contributed by atoms with Gasteiger partial charge in [-0.1, -0.05) is 6.92 Å². The van der Waals surface area contributed by atoms with Crippen molar-refractivity contribution >= 4 is 0 Å². The van der Waals surface area contributed by atoms with Crippen LogP contribution in [-0.2, 0) is 0 Å². The van der Waals surface area contributed by atoms with Crippen molar-refractivity contribution in [2.24, 2.45) is 0 Å². The molecule has 0 bridgehead atoms. The molecule has 0 rings (SSSR count). The first kappa shape index (κ1) is 12.1. The molecular formula is C10H17F2O+. The van der Waals surface area contributed by atoms with E-state index >= 15 is 0 Å². The van der Waals surface area contributed by atoms with E-state index in [9.17, 15) is 8.78 Å². The summed E-state index contributed by atoms with van der Waals surface area (Å²) in [7, 11) is 1.54. The summed E-state index contributed by atoms with van der Waals surface area (Å²) in [5, 5.41) is 0. The van der Waals surface area contributed by atoms with Gasteiger partial charge in [-0.15, -0.1) is 0 Å². The highest BCUT2D eigenvalue weighted by molar-refractivity contribution is 5.19. The van der Waals surface area contributed by atoms with Crippen molar-refractivity contribution in [3.63, 3.8) is 0 Å². The van der Waals surface area contributed by atoms with Crippen LogP contribution in [0.4, 0.5) is 8.78 Å². The second kappa shape index (κ2) is 6.63. The fourth-order valence-corrected chi connectivity index (χ4v) is 0.784. The average molecular weight is 191 g/mol. The molecule has 0 aromatic heterocycles. The third-order valence-electron chi connectivity index (χ3n) is 1.87. The minimum absolute atomic E-state index is 0.181. The molecule has 0 aliphatic rings. The van der Waals surface area contributed by atoms with Crippen molar-refractivity contribution in [1.82, 2.24) is 0 Å². The molecule has 3 heteroatoms. The zero-order chi connectivity index (χ0) is 10.3. The van der Waals surface area contributed by atoms with Crippen LogP contribution in [0.5, 0.6) is 0 Å². The topological polar surface area (TPSA) is 12.8 Å². The van der Waals surface area contributed by atoms with Gasteiger partial charge in [-0.05, 0) is 18.9 Å². The van der Waals surface area contributed by atoms with Gasteiger partial charge in [-0.3, -0.25) is 4.39 Å². The number of halogens is 2. The molecule has 0 radical (unpaired) electrons. The van der Waals surface area contributed by atoms with Crippen LogP contribution in [0.15, 0.2) is 23.2 Å². The van der Waals surface area contributed by atoms with Crippen LogP contribution in [-0.4, -0.2) is 18.5 Å². The highest BCUT2D eigenvalue weighted by atomic mass is 19.1. The summed E-state index contributed by atoms with van der Waals surface area (Å²) in [6.07, 6.45) is 2.15. The molecule has 0 aliphatic carbocycles. The molecule has 1 N–H and O–H groups in total. The van der Waals surface area contributed by atoms with Gasteiger partial charge in [-0.2, -0.15) is 0 Å². The van der Waals surface area contributed by atoms with Gasteiger partial charge in [0.15, 0.2) is 7.11 Å². The summed E-state index contributed by atoms with van der Waals surface area (Å²) in [4.78, 5) is 0. The van der Waals surface area contributed by atoms with E-state index in [4.69, 9.17) is 0 Å². The first-order valence-electron chi connectivity index (χ1n) is 4.37. The Kier molecular flexibility index (Phi) is 6.20. The van der Waals surface area contributed by atoms with Crippen LogP contribution in [0.25, 0.3) is 0 Å². The lowest BCUT2D eigenvalue weighted by atomic mass is 10.2. The number of rotatable bonds is 5. The number of hydrogen-bond donors (Lipinski definition) is 0. The minimum atomic E-state index is -0.498. The Hall–Kier alpha value is -0.860. The Bertz CT molecular complexity index is 207. The molecule has 13 heavy (non-hydrogen) atoms. The number of alkyl halides is 1. The van der Waals surface area contributed by atoms with Gasteiger partial charge in [-0.25, -0.2) is 4.39 Å². The smallest absolute Gasteiger partial charge is 0.235 e. The van der Waals surface area contributed by atoms with Gasteiger partial charge < -0.3 is 4.74 Å². The molecule has 0 spiro atoms. The van der Waals surface area contributed by atoms with E-state index in [0.717, 1.165) is 0 Å². The lowest BCUT2D eigenvalue weighted by molar-refractivity contribution is 0.0821. The fourth-order valence-electron chi connectivity index (χ4n) is 0.784. The first-order chi connectivity index (χ1) is 6.15. The van der Waals surface area contributed by atoms with Gasteiger partial charge in [0.2, 0.25) is 5.76 Å². The maximum absolute atomic E-state index is 13.2. The Morgan fingerprint density at radius 3 is 2.46 bits per heavy atom. The lowest BCUT2D eigenvalue weighted by Crippen LogP contribution is -1.94. The Morgan fingerprint density at radius 2 is 2.08 bits per heavy atom. The normalized spacial score (nSPS) is 14.1. The zero-order valence-electron chi connectivity index (χ0n) is 8.40. The molecule has 0 amide bonds. The van der Waals surface area contributed by atoms with E-state index in [2.05, 4.69) is 4.74 Å². The standard InChI is InChI=1S/C10H16F2O/c1-4-8(2)10(12)7-9(13-3)5-6-11/h7H,4-6H2,1-3H3/p+1/b9-7+,10-8+. The molecule has 0 aromatic carbocycles. The van der Waals surface area contributed by atoms with Gasteiger partial charge in [0.25, 0.3) is 0 Å². The molecule has 0 saturated heterocycles. The molecule has 0 aliphatic heterocycles. The molecule has 0 saturated carbocycles. The summed E-state index contributed by atoms with van der Waals surface area (Å²) in [6.45, 7) is 3.09. The first-order valence-corrected chi connectivity index (χ1v) is 4.37. The predicted molar refractivity (Wildman–Crippen MR) is 50.9 cm³/mol. The minimum Gasteiger partial charge on any atom is -0.588 e. The summed E-state index contributed by atoms with van der Waals surface area (Å²) < 4.78 is 28.9. The largest absolute Gasteiger partial charge is 0.588 e. The van der Waals surface area contributed by atoms with Crippen LogP contribution >= 0.6 is 0 Å². The molecule has 0 unspecified atom stereocenters. The average Bonchev–Trinajstić information content (AvgIpc) is 2.15. The summed E-state index contributed by atoms with van der Waals surface area (Å²) in [5.41, 5.74) is 0.667. The highest BCUT2D eigenvalue weighted by Crippen LogP contribution is 2.14. The Balaban J connectivity index is 4.49. The van der Waals surface area contributed by atoms with Crippen LogP contribution in [0.3, 0.4) is 0 Å². The maximum atomic E-state index is 13.2. The monoisotopic (exact) mass is 191 g/mol. The number of hydrogen-bond acceptors (Lipinski definition) is 0. The van der Waals surface area contributed by atoms with Crippen molar-refractivity contribution < 1.29 is 13.5 Å². The van der Waals surface area contributed by atoms with Crippen molar-refractivity contribution in [2.75, 3.05) is 13.8 Å². The maximum Gasteiger partial charge on any atom is 0.235 e. The van der Waals surface area contributed by atoms with E-state index in [1.807, 2.05) is 6.92 Å². The van der Waals surface area contributed by atoms with E-state index in [1.54, 1.807) is 6.92 Å². The third-order valence-corrected chi connectivity index (χ3v) is 1.87. The SMILES string of the molecule is CC/C(C)=C(F)\C=C(/CCF)[OH+]C. The second-order valence-corrected chi connectivity index (χ2v) is 2.78. The molecular weight excluding hydrogens is 174 g/mol. The van der Waals surface area contributed by atoms with Crippen molar-refractivity contribution in [3.05, 3.63) is 23.2 Å². The summed E-state index contributed by atoms with van der Waals surface area (Å²) in [5.74, 6) is 0.171. The van der Waals surface area contributed by atoms with Crippen molar-refractivity contribution in [2.45, 2.75) is 26.7 Å². The van der Waals surface area contributed by atoms with Gasteiger partial charge >= 0.3 is 0 Å². The molecule has 0 aromatic rings. The molecule has 1 nitrogen and oxygen atoms in total. The third kappa shape index (κ3) is 4.65. The van der Waals surface area contributed by atoms with Crippen LogP contribution in [0.2, 0.25) is 0 Å². The quantitative estimate of drug-likeness (QED) is 0.360. The van der Waals surface area contributed by atoms with Crippen LogP contribution in [0, 0.1) is 0 Å². The van der Waals surface area contributed by atoms with E-state index in [-0.39, 0.29) is 12.2 Å². The molecule has 0 heterocycles. The summed E-state index contributed by atoms with van der Waals surface area (Å²) in [6, 6.07) is 0. The van der Waals surface area contributed by atoms with Gasteiger partial charge in [0.05, 0.1) is 12.5 Å². The molecule has 0 atom stereocenters. The number of ether oxygens (including phenoxy) is 1. The van der Waals surface area contributed by atoms with Gasteiger partial charge in [0, 0.05) is 0 Å². The van der Waals surface area contributed by atoms with Crippen molar-refractivity contribution in [3.8, 4) is 0 Å². The molecule has 0 fully saturated rings. The fraction of sp³-hybridized carbons (Fsp3) is 0.600. The number of allylic oxidation sites excluding steroid dienone is 4. The highest BCUT2D eigenvalue weighted by Gasteiger charge is 2.04.